The molecule has 0 atom stereocenters. The number of carboxylic acids is 1. The van der Waals surface area contributed by atoms with Gasteiger partial charge in [-0.05, 0) is 68.4 Å². The van der Waals surface area contributed by atoms with E-state index in [1.807, 2.05) is 12.1 Å². The molecule has 2 heterocycles. The van der Waals surface area contributed by atoms with Crippen molar-refractivity contribution in [2.24, 2.45) is 0 Å². The van der Waals surface area contributed by atoms with E-state index >= 15 is 0 Å². The van der Waals surface area contributed by atoms with Crippen LogP contribution >= 0.6 is 0 Å². The van der Waals surface area contributed by atoms with Gasteiger partial charge >= 0.3 is 5.97 Å². The molecule has 5 rings (SSSR count). The van der Waals surface area contributed by atoms with Crippen LogP contribution in [0.4, 0.5) is 5.69 Å². The number of methoxy groups -OCH3 is 2. The van der Waals surface area contributed by atoms with Crippen molar-refractivity contribution in [1.29, 1.82) is 0 Å². The second-order valence-electron chi connectivity index (χ2n) is 9.67. The minimum absolute atomic E-state index is 0.0855. The monoisotopic (exact) mass is 504 g/mol. The lowest BCUT2D eigenvalue weighted by Gasteiger charge is -2.26. The summed E-state index contributed by atoms with van der Waals surface area (Å²) in [5.74, 6) is -0.727. The quantitative estimate of drug-likeness (QED) is 0.511. The fourth-order valence-electron chi connectivity index (χ4n) is 5.61. The Labute approximate surface area is 215 Å². The van der Waals surface area contributed by atoms with E-state index < -0.39 is 22.8 Å². The third kappa shape index (κ3) is 4.52. The van der Waals surface area contributed by atoms with Gasteiger partial charge in [-0.15, -0.1) is 0 Å². The van der Waals surface area contributed by atoms with E-state index in [9.17, 15) is 19.8 Å². The van der Waals surface area contributed by atoms with E-state index in [1.54, 1.807) is 26.4 Å². The highest BCUT2D eigenvalue weighted by Crippen LogP contribution is 2.39. The molecule has 0 amide bonds. The lowest BCUT2D eigenvalue weighted by atomic mass is 9.88. The molecule has 1 aliphatic carbocycles. The fourth-order valence-corrected chi connectivity index (χ4v) is 5.61. The maximum Gasteiger partial charge on any atom is 0.345 e. The van der Waals surface area contributed by atoms with Gasteiger partial charge in [0.1, 0.15) is 17.2 Å². The average Bonchev–Trinajstić information content (AvgIpc) is 3.42. The Hall–Kier alpha value is -3.94. The number of carbonyl (C=O) groups is 1. The molecule has 2 N–H and O–H groups in total. The molecule has 1 saturated heterocycles. The van der Waals surface area contributed by atoms with Crippen molar-refractivity contribution in [3.63, 3.8) is 0 Å². The summed E-state index contributed by atoms with van der Waals surface area (Å²) in [5, 5.41) is 20.9. The number of aromatic hydroxyl groups is 1. The molecule has 8 heteroatoms. The zero-order chi connectivity index (χ0) is 26.1. The van der Waals surface area contributed by atoms with E-state index in [0.29, 0.717) is 34.7 Å². The van der Waals surface area contributed by atoms with Crippen molar-refractivity contribution in [2.45, 2.75) is 45.1 Å². The number of fused-ring (bicyclic) bond motifs is 3. The van der Waals surface area contributed by atoms with Gasteiger partial charge in [-0.1, -0.05) is 6.07 Å². The average molecular weight is 505 g/mol. The lowest BCUT2D eigenvalue weighted by Crippen LogP contribution is -2.30. The van der Waals surface area contributed by atoms with E-state index in [0.717, 1.165) is 49.2 Å². The number of hydrogen-bond acceptors (Lipinski definition) is 6. The van der Waals surface area contributed by atoms with Crippen LogP contribution in [-0.4, -0.2) is 48.1 Å². The number of rotatable bonds is 6. The number of benzene rings is 2. The Morgan fingerprint density at radius 2 is 1.73 bits per heavy atom. The zero-order valence-electron chi connectivity index (χ0n) is 21.2. The summed E-state index contributed by atoms with van der Waals surface area (Å²) in [4.78, 5) is 28.1. The van der Waals surface area contributed by atoms with Gasteiger partial charge < -0.3 is 29.2 Å². The van der Waals surface area contributed by atoms with E-state index in [4.69, 9.17) is 9.47 Å². The van der Waals surface area contributed by atoms with E-state index in [1.165, 1.54) is 17.4 Å². The fraction of sp³-hybridized carbons (Fsp3) is 0.379. The number of ether oxygens (including phenoxy) is 2. The Morgan fingerprint density at radius 3 is 2.43 bits per heavy atom. The van der Waals surface area contributed by atoms with Crippen LogP contribution in [0.15, 0.2) is 41.2 Å². The Bertz CT molecular complexity index is 1400. The van der Waals surface area contributed by atoms with Crippen LogP contribution in [0.2, 0.25) is 0 Å². The summed E-state index contributed by atoms with van der Waals surface area (Å²) < 4.78 is 12.4. The number of pyridine rings is 1. The molecule has 0 spiro atoms. The summed E-state index contributed by atoms with van der Waals surface area (Å²) in [6.07, 6.45) is 5.36. The van der Waals surface area contributed by atoms with Crippen molar-refractivity contribution >= 4 is 11.7 Å². The summed E-state index contributed by atoms with van der Waals surface area (Å²) in [5.41, 5.74) is 3.56. The molecule has 2 aliphatic rings. The van der Waals surface area contributed by atoms with Crippen molar-refractivity contribution < 1.29 is 24.5 Å². The number of aryl methyl sites for hydroxylation is 1. The highest BCUT2D eigenvalue weighted by atomic mass is 16.5. The summed E-state index contributed by atoms with van der Waals surface area (Å²) in [6, 6.07) is 11.6. The first kappa shape index (κ1) is 24.7. The number of anilines is 1. The largest absolute Gasteiger partial charge is 0.506 e. The van der Waals surface area contributed by atoms with Crippen LogP contribution in [0, 0.1) is 0 Å². The second kappa shape index (κ2) is 10.2. The van der Waals surface area contributed by atoms with Crippen LogP contribution in [0.5, 0.6) is 17.2 Å². The maximum atomic E-state index is 13.7. The van der Waals surface area contributed by atoms with Crippen LogP contribution in [0.25, 0.3) is 11.3 Å². The van der Waals surface area contributed by atoms with E-state index in [-0.39, 0.29) is 6.54 Å². The predicted octanol–water partition coefficient (Wildman–Crippen LogP) is 4.46. The third-order valence-corrected chi connectivity index (χ3v) is 7.51. The molecule has 0 bridgehead atoms. The molecule has 0 radical (unpaired) electrons. The zero-order valence-corrected chi connectivity index (χ0v) is 21.2. The van der Waals surface area contributed by atoms with Gasteiger partial charge in [-0.3, -0.25) is 4.79 Å². The molecule has 1 aliphatic heterocycles. The van der Waals surface area contributed by atoms with Gasteiger partial charge in [-0.2, -0.15) is 0 Å². The molecule has 3 aromatic rings. The summed E-state index contributed by atoms with van der Waals surface area (Å²) in [7, 11) is 3.11. The first-order valence-electron chi connectivity index (χ1n) is 12.7. The molecule has 2 aromatic carbocycles. The molecule has 194 valence electrons. The van der Waals surface area contributed by atoms with E-state index in [2.05, 4.69) is 17.0 Å². The Kier molecular flexibility index (Phi) is 6.82. The van der Waals surface area contributed by atoms with Crippen molar-refractivity contribution in [3.8, 4) is 28.5 Å². The van der Waals surface area contributed by atoms with Gasteiger partial charge in [-0.25, -0.2) is 4.79 Å². The van der Waals surface area contributed by atoms with Gasteiger partial charge in [0.15, 0.2) is 5.56 Å². The number of aromatic carboxylic acids is 1. The van der Waals surface area contributed by atoms with Crippen molar-refractivity contribution in [2.75, 3.05) is 32.2 Å². The smallest absolute Gasteiger partial charge is 0.345 e. The van der Waals surface area contributed by atoms with Crippen molar-refractivity contribution in [1.82, 2.24) is 4.57 Å². The SMILES string of the molecule is COc1ccc(Cn2c3c(c(O)c(C(=O)O)c2=O)CCCCc2cc(N4CCCC4)ccc2-3)c(OC)c1. The molecule has 0 unspecified atom stereocenters. The summed E-state index contributed by atoms with van der Waals surface area (Å²) in [6.45, 7) is 2.14. The summed E-state index contributed by atoms with van der Waals surface area (Å²) >= 11 is 0. The highest BCUT2D eigenvalue weighted by Gasteiger charge is 2.29. The molecule has 8 nitrogen and oxygen atoms in total. The number of aromatic nitrogens is 1. The molecular weight excluding hydrogens is 472 g/mol. The first-order valence-corrected chi connectivity index (χ1v) is 12.7. The molecule has 1 fully saturated rings. The number of hydrogen-bond donors (Lipinski definition) is 2. The van der Waals surface area contributed by atoms with Gasteiger partial charge in [0.05, 0.1) is 26.5 Å². The minimum Gasteiger partial charge on any atom is -0.506 e. The normalized spacial score (nSPS) is 14.9. The Morgan fingerprint density at radius 1 is 0.973 bits per heavy atom. The van der Waals surface area contributed by atoms with Crippen LogP contribution in [0.1, 0.15) is 52.7 Å². The minimum atomic E-state index is -1.44. The topological polar surface area (TPSA) is 101 Å². The molecule has 37 heavy (non-hydrogen) atoms. The molecular formula is C29H32N2O6. The van der Waals surface area contributed by atoms with Gasteiger partial charge in [0, 0.05) is 41.5 Å². The number of nitrogens with zero attached hydrogens (tertiary/aromatic N) is 2. The predicted molar refractivity (Wildman–Crippen MR) is 141 cm³/mol. The lowest BCUT2D eigenvalue weighted by molar-refractivity contribution is 0.0690. The van der Waals surface area contributed by atoms with Gasteiger partial charge in [0.2, 0.25) is 0 Å². The van der Waals surface area contributed by atoms with Crippen LogP contribution in [-0.2, 0) is 19.4 Å². The standard InChI is InChI=1S/C29H32N2O6/c1-36-21-11-9-19(24(16-21)37-2)17-31-26-22-12-10-20(30-13-5-6-14-30)15-18(22)7-3-4-8-23(26)27(32)25(28(31)33)29(34)35/h9-12,15-16,32H,3-8,13-14,17H2,1-2H3,(H,34,35). The van der Waals surface area contributed by atoms with Gasteiger partial charge in [0.25, 0.3) is 5.56 Å². The van der Waals surface area contributed by atoms with Crippen LogP contribution < -0.4 is 19.9 Å². The molecule has 0 saturated carbocycles. The second-order valence-corrected chi connectivity index (χ2v) is 9.67. The highest BCUT2D eigenvalue weighted by molar-refractivity contribution is 5.92. The van der Waals surface area contributed by atoms with Crippen molar-refractivity contribution in [3.05, 3.63) is 69.0 Å². The number of carboxylic acid groups (broad SMARTS) is 1. The Balaban J connectivity index is 1.75. The first-order chi connectivity index (χ1) is 17.9. The third-order valence-electron chi connectivity index (χ3n) is 7.51. The molecule has 1 aromatic heterocycles. The van der Waals surface area contributed by atoms with Crippen LogP contribution in [0.3, 0.4) is 0 Å². The maximum absolute atomic E-state index is 13.7.